The van der Waals surface area contributed by atoms with Crippen molar-refractivity contribution in [1.29, 1.82) is 0 Å². The molecule has 0 fully saturated rings. The molecule has 0 unspecified atom stereocenters. The highest BCUT2D eigenvalue weighted by Crippen LogP contribution is 2.26. The van der Waals surface area contributed by atoms with Crippen molar-refractivity contribution in [1.82, 2.24) is 4.98 Å². The van der Waals surface area contributed by atoms with E-state index < -0.39 is 11.9 Å². The molecule has 112 valence electrons. The Morgan fingerprint density at radius 3 is 2.91 bits per heavy atom. The number of furan rings is 1. The Labute approximate surface area is 133 Å². The van der Waals surface area contributed by atoms with Crippen molar-refractivity contribution in [3.8, 4) is 10.8 Å². The van der Waals surface area contributed by atoms with Gasteiger partial charge in [0, 0.05) is 5.38 Å². The minimum atomic E-state index is -0.486. The van der Waals surface area contributed by atoms with E-state index in [4.69, 9.17) is 4.42 Å². The Morgan fingerprint density at radius 1 is 1.32 bits per heavy atom. The molecule has 0 saturated carbocycles. The van der Waals surface area contributed by atoms with Crippen LogP contribution < -0.4 is 5.32 Å². The van der Waals surface area contributed by atoms with Crippen molar-refractivity contribution in [3.05, 3.63) is 45.8 Å². The number of nitrogens with zero attached hydrogens (tertiary/aromatic N) is 1. The first-order chi connectivity index (χ1) is 10.7. The van der Waals surface area contributed by atoms with Gasteiger partial charge in [-0.3, -0.25) is 4.79 Å². The molecule has 1 amide bonds. The Morgan fingerprint density at radius 2 is 2.18 bits per heavy atom. The molecule has 0 saturated heterocycles. The molecule has 0 spiro atoms. The molecular formula is C14H10N2O4S2. The number of thiophene rings is 1. The number of nitrogens with one attached hydrogen (secondary N) is 1. The number of aromatic nitrogens is 1. The van der Waals surface area contributed by atoms with E-state index in [0.29, 0.717) is 21.3 Å². The van der Waals surface area contributed by atoms with Crippen LogP contribution in [0.4, 0.5) is 5.69 Å². The lowest BCUT2D eigenvalue weighted by molar-refractivity contribution is 0.0607. The standard InChI is InChI=1S/C14H10N2O4S2/c1-19-14(18)11-8(4-6-21-11)15-12(17)9-7-22-13(16-9)10-3-2-5-20-10/h2-7H,1H3,(H,15,17). The third-order valence-corrected chi connectivity index (χ3v) is 4.50. The number of carbonyl (C=O) groups is 2. The fourth-order valence-electron chi connectivity index (χ4n) is 1.74. The van der Waals surface area contributed by atoms with Gasteiger partial charge in [-0.15, -0.1) is 22.7 Å². The topological polar surface area (TPSA) is 81.4 Å². The van der Waals surface area contributed by atoms with Crippen LogP contribution in [0.3, 0.4) is 0 Å². The van der Waals surface area contributed by atoms with Crippen LogP contribution in [0.1, 0.15) is 20.2 Å². The Balaban J connectivity index is 1.78. The quantitative estimate of drug-likeness (QED) is 0.739. The number of esters is 1. The molecule has 0 aliphatic heterocycles. The highest BCUT2D eigenvalue weighted by Gasteiger charge is 2.18. The number of anilines is 1. The molecule has 0 radical (unpaired) electrons. The highest BCUT2D eigenvalue weighted by molar-refractivity contribution is 7.13. The minimum absolute atomic E-state index is 0.262. The summed E-state index contributed by atoms with van der Waals surface area (Å²) in [5.41, 5.74) is 0.674. The maximum Gasteiger partial charge on any atom is 0.350 e. The summed E-state index contributed by atoms with van der Waals surface area (Å²) in [6.45, 7) is 0. The lowest BCUT2D eigenvalue weighted by Crippen LogP contribution is -2.14. The normalized spacial score (nSPS) is 10.4. The van der Waals surface area contributed by atoms with E-state index >= 15 is 0 Å². The summed E-state index contributed by atoms with van der Waals surface area (Å²) in [4.78, 5) is 28.4. The van der Waals surface area contributed by atoms with E-state index in [-0.39, 0.29) is 5.69 Å². The average Bonchev–Trinajstić information content (AvgIpc) is 3.25. The van der Waals surface area contributed by atoms with Crippen molar-refractivity contribution in [2.24, 2.45) is 0 Å². The lowest BCUT2D eigenvalue weighted by atomic mass is 10.3. The van der Waals surface area contributed by atoms with Crippen molar-refractivity contribution < 1.29 is 18.7 Å². The number of amides is 1. The molecule has 0 aliphatic carbocycles. The van der Waals surface area contributed by atoms with Crippen LogP contribution in [0.2, 0.25) is 0 Å². The summed E-state index contributed by atoms with van der Waals surface area (Å²) < 4.78 is 9.91. The Hall–Kier alpha value is -2.45. The zero-order valence-electron chi connectivity index (χ0n) is 11.4. The van der Waals surface area contributed by atoms with Crippen LogP contribution in [-0.2, 0) is 4.74 Å². The lowest BCUT2D eigenvalue weighted by Gasteiger charge is -2.03. The van der Waals surface area contributed by atoms with Gasteiger partial charge in [0.15, 0.2) is 10.8 Å². The fraction of sp³-hybridized carbons (Fsp3) is 0.0714. The predicted octanol–water partition coefficient (Wildman–Crippen LogP) is 3.50. The van der Waals surface area contributed by atoms with Gasteiger partial charge in [0.1, 0.15) is 10.6 Å². The predicted molar refractivity (Wildman–Crippen MR) is 83.4 cm³/mol. The second-order valence-corrected chi connectivity index (χ2v) is 5.90. The number of methoxy groups -OCH3 is 1. The van der Waals surface area contributed by atoms with Crippen molar-refractivity contribution in [2.75, 3.05) is 12.4 Å². The summed E-state index contributed by atoms with van der Waals surface area (Å²) in [6.07, 6.45) is 1.55. The molecule has 22 heavy (non-hydrogen) atoms. The van der Waals surface area contributed by atoms with E-state index in [1.807, 2.05) is 0 Å². The largest absolute Gasteiger partial charge is 0.465 e. The minimum Gasteiger partial charge on any atom is -0.465 e. The van der Waals surface area contributed by atoms with Gasteiger partial charge in [-0.25, -0.2) is 9.78 Å². The van der Waals surface area contributed by atoms with Gasteiger partial charge >= 0.3 is 5.97 Å². The summed E-state index contributed by atoms with van der Waals surface area (Å²) >= 11 is 2.51. The van der Waals surface area contributed by atoms with E-state index in [0.717, 1.165) is 0 Å². The Bertz CT molecular complexity index is 805. The third-order valence-electron chi connectivity index (χ3n) is 2.75. The smallest absolute Gasteiger partial charge is 0.350 e. The summed E-state index contributed by atoms with van der Waals surface area (Å²) in [7, 11) is 1.30. The van der Waals surface area contributed by atoms with E-state index in [2.05, 4.69) is 15.0 Å². The molecule has 0 atom stereocenters. The van der Waals surface area contributed by atoms with Crippen molar-refractivity contribution >= 4 is 40.2 Å². The zero-order valence-corrected chi connectivity index (χ0v) is 13.0. The van der Waals surface area contributed by atoms with Crippen LogP contribution >= 0.6 is 22.7 Å². The van der Waals surface area contributed by atoms with E-state index in [1.54, 1.807) is 35.2 Å². The number of hydrogen-bond donors (Lipinski definition) is 1. The molecule has 3 heterocycles. The number of hydrogen-bond acceptors (Lipinski definition) is 7. The van der Waals surface area contributed by atoms with Gasteiger partial charge < -0.3 is 14.5 Å². The summed E-state index contributed by atoms with van der Waals surface area (Å²) in [5.74, 6) is -0.271. The van der Waals surface area contributed by atoms with Crippen LogP contribution in [0.5, 0.6) is 0 Å². The number of ether oxygens (including phenoxy) is 1. The van der Waals surface area contributed by atoms with Gasteiger partial charge in [0.2, 0.25) is 0 Å². The van der Waals surface area contributed by atoms with Crippen molar-refractivity contribution in [3.63, 3.8) is 0 Å². The maximum atomic E-state index is 12.2. The summed E-state index contributed by atoms with van der Waals surface area (Å²) in [6, 6.07) is 5.17. The third kappa shape index (κ3) is 2.78. The van der Waals surface area contributed by atoms with Gasteiger partial charge in [-0.05, 0) is 23.6 Å². The molecule has 1 N–H and O–H groups in total. The molecule has 3 rings (SSSR count). The molecule has 0 aromatic carbocycles. The fourth-order valence-corrected chi connectivity index (χ4v) is 3.27. The average molecular weight is 334 g/mol. The van der Waals surface area contributed by atoms with Crippen LogP contribution in [0, 0.1) is 0 Å². The van der Waals surface area contributed by atoms with E-state index in [9.17, 15) is 9.59 Å². The van der Waals surface area contributed by atoms with Crippen LogP contribution in [0.15, 0.2) is 39.6 Å². The number of rotatable bonds is 4. The number of carbonyl (C=O) groups excluding carboxylic acids is 2. The van der Waals surface area contributed by atoms with Crippen LogP contribution in [-0.4, -0.2) is 24.0 Å². The van der Waals surface area contributed by atoms with Gasteiger partial charge in [0.05, 0.1) is 19.1 Å². The van der Waals surface area contributed by atoms with E-state index in [1.165, 1.54) is 29.8 Å². The molecule has 6 nitrogen and oxygen atoms in total. The second kappa shape index (κ2) is 6.12. The Kier molecular flexibility index (Phi) is 4.03. The SMILES string of the molecule is COC(=O)c1sccc1NC(=O)c1csc(-c2ccco2)n1. The maximum absolute atomic E-state index is 12.2. The zero-order chi connectivity index (χ0) is 15.5. The molecule has 3 aromatic rings. The number of thiazole rings is 1. The van der Waals surface area contributed by atoms with Crippen LogP contribution in [0.25, 0.3) is 10.8 Å². The molecule has 8 heteroatoms. The monoisotopic (exact) mass is 334 g/mol. The molecule has 0 bridgehead atoms. The molecule has 0 aliphatic rings. The second-order valence-electron chi connectivity index (χ2n) is 4.12. The molecular weight excluding hydrogens is 324 g/mol. The summed E-state index contributed by atoms with van der Waals surface area (Å²) in [5, 5.41) is 6.63. The van der Waals surface area contributed by atoms with Crippen molar-refractivity contribution in [2.45, 2.75) is 0 Å². The molecule has 3 aromatic heterocycles. The first kappa shape index (κ1) is 14.5. The first-order valence-corrected chi connectivity index (χ1v) is 7.91. The van der Waals surface area contributed by atoms with Gasteiger partial charge in [-0.2, -0.15) is 0 Å². The van der Waals surface area contributed by atoms with Gasteiger partial charge in [0.25, 0.3) is 5.91 Å². The first-order valence-electron chi connectivity index (χ1n) is 6.15. The highest BCUT2D eigenvalue weighted by atomic mass is 32.1. The van der Waals surface area contributed by atoms with Gasteiger partial charge in [-0.1, -0.05) is 0 Å².